The maximum absolute atomic E-state index is 12.9. The molecule has 2 fully saturated rings. The molecule has 2 N–H and O–H groups in total. The van der Waals surface area contributed by atoms with Crippen LogP contribution < -0.4 is 20.3 Å². The van der Waals surface area contributed by atoms with E-state index in [9.17, 15) is 9.59 Å². The molecule has 7 heteroatoms. The molecule has 0 radical (unpaired) electrons. The molecule has 2 heterocycles. The molecular weight excluding hydrogens is 308 g/mol. The first-order valence-corrected chi connectivity index (χ1v) is 8.34. The van der Waals surface area contributed by atoms with Crippen molar-refractivity contribution in [3.8, 4) is 5.75 Å². The lowest BCUT2D eigenvalue weighted by Gasteiger charge is -2.25. The van der Waals surface area contributed by atoms with E-state index in [0.717, 1.165) is 25.9 Å². The first-order chi connectivity index (χ1) is 11.7. The molecular formula is C17H24N4O3. The van der Waals surface area contributed by atoms with Gasteiger partial charge in [-0.15, -0.1) is 0 Å². The summed E-state index contributed by atoms with van der Waals surface area (Å²) in [6.07, 6.45) is 2.04. The van der Waals surface area contributed by atoms with Gasteiger partial charge >= 0.3 is 6.03 Å². The number of carbonyl (C=O) groups is 2. The standard InChI is InChI=1S/C17H24N4O3/c1-18-11-13-4-3-8-20(13)16(22)12-5-6-15(24-2)14(10-12)21-9-7-19-17(21)23/h5-6,10,13,18H,3-4,7-9,11H2,1-2H3,(H,19,23). The van der Waals surface area contributed by atoms with Crippen LogP contribution in [0.15, 0.2) is 18.2 Å². The zero-order valence-corrected chi connectivity index (χ0v) is 14.2. The molecule has 2 aliphatic heterocycles. The Balaban J connectivity index is 1.88. The molecule has 0 aliphatic carbocycles. The average Bonchev–Trinajstić information content (AvgIpc) is 3.23. The monoisotopic (exact) mass is 332 g/mol. The maximum Gasteiger partial charge on any atom is 0.322 e. The van der Waals surface area contributed by atoms with Crippen molar-refractivity contribution in [1.82, 2.24) is 15.5 Å². The Bertz CT molecular complexity index is 634. The number of likely N-dealkylation sites (tertiary alicyclic amines) is 1. The minimum Gasteiger partial charge on any atom is -0.495 e. The number of nitrogens with zero attached hydrogens (tertiary/aromatic N) is 2. The normalized spacial score (nSPS) is 20.4. The third-order valence-electron chi connectivity index (χ3n) is 4.65. The molecule has 0 saturated carbocycles. The van der Waals surface area contributed by atoms with Gasteiger partial charge in [-0.25, -0.2) is 4.79 Å². The lowest BCUT2D eigenvalue weighted by Crippen LogP contribution is -2.40. The Kier molecular flexibility index (Phi) is 4.89. The molecule has 2 aliphatic rings. The number of amides is 3. The van der Waals surface area contributed by atoms with E-state index in [2.05, 4.69) is 10.6 Å². The lowest BCUT2D eigenvalue weighted by molar-refractivity contribution is 0.0737. The summed E-state index contributed by atoms with van der Waals surface area (Å²) in [6.45, 7) is 2.73. The SMILES string of the molecule is CNCC1CCCN1C(=O)c1ccc(OC)c(N2CCNC2=O)c1. The Hall–Kier alpha value is -2.28. The first-order valence-electron chi connectivity index (χ1n) is 8.34. The van der Waals surface area contributed by atoms with Crippen molar-refractivity contribution >= 4 is 17.6 Å². The van der Waals surface area contributed by atoms with Crippen LogP contribution in [-0.4, -0.2) is 63.2 Å². The number of benzene rings is 1. The number of anilines is 1. The van der Waals surface area contributed by atoms with Gasteiger partial charge in [-0.05, 0) is 38.1 Å². The van der Waals surface area contributed by atoms with Crippen molar-refractivity contribution < 1.29 is 14.3 Å². The second kappa shape index (κ2) is 7.09. The number of urea groups is 1. The Morgan fingerprint density at radius 2 is 2.25 bits per heavy atom. The topological polar surface area (TPSA) is 73.9 Å². The van der Waals surface area contributed by atoms with Crippen molar-refractivity contribution in [3.63, 3.8) is 0 Å². The number of methoxy groups -OCH3 is 1. The van der Waals surface area contributed by atoms with Gasteiger partial charge in [-0.2, -0.15) is 0 Å². The van der Waals surface area contributed by atoms with Gasteiger partial charge in [0, 0.05) is 37.8 Å². The van der Waals surface area contributed by atoms with Gasteiger partial charge in [0.25, 0.3) is 5.91 Å². The molecule has 0 bridgehead atoms. The van der Waals surface area contributed by atoms with E-state index in [1.807, 2.05) is 11.9 Å². The first kappa shape index (κ1) is 16.6. The molecule has 24 heavy (non-hydrogen) atoms. The zero-order valence-electron chi connectivity index (χ0n) is 14.2. The summed E-state index contributed by atoms with van der Waals surface area (Å²) in [6, 6.07) is 5.36. The second-order valence-electron chi connectivity index (χ2n) is 6.12. The van der Waals surface area contributed by atoms with Crippen LogP contribution in [0, 0.1) is 0 Å². The van der Waals surface area contributed by atoms with E-state index in [4.69, 9.17) is 4.74 Å². The average molecular weight is 332 g/mol. The Morgan fingerprint density at radius 3 is 2.92 bits per heavy atom. The number of hydrogen-bond acceptors (Lipinski definition) is 4. The Morgan fingerprint density at radius 1 is 1.42 bits per heavy atom. The lowest BCUT2D eigenvalue weighted by atomic mass is 10.1. The van der Waals surface area contributed by atoms with Gasteiger partial charge in [-0.3, -0.25) is 9.69 Å². The third-order valence-corrected chi connectivity index (χ3v) is 4.65. The molecule has 3 rings (SSSR count). The van der Waals surface area contributed by atoms with Crippen molar-refractivity contribution in [2.24, 2.45) is 0 Å². The minimum absolute atomic E-state index is 0.0104. The highest BCUT2D eigenvalue weighted by Gasteiger charge is 2.30. The van der Waals surface area contributed by atoms with E-state index < -0.39 is 0 Å². The summed E-state index contributed by atoms with van der Waals surface area (Å²) in [5, 5.41) is 5.93. The highest BCUT2D eigenvalue weighted by atomic mass is 16.5. The largest absolute Gasteiger partial charge is 0.495 e. The summed E-state index contributed by atoms with van der Waals surface area (Å²) < 4.78 is 5.37. The Labute approximate surface area is 141 Å². The van der Waals surface area contributed by atoms with Gasteiger partial charge in [0.15, 0.2) is 0 Å². The van der Waals surface area contributed by atoms with Crippen LogP contribution in [0.1, 0.15) is 23.2 Å². The van der Waals surface area contributed by atoms with Gasteiger partial charge in [0.1, 0.15) is 5.75 Å². The molecule has 130 valence electrons. The van der Waals surface area contributed by atoms with Crippen molar-refractivity contribution in [2.45, 2.75) is 18.9 Å². The number of ether oxygens (including phenoxy) is 1. The van der Waals surface area contributed by atoms with Gasteiger partial charge in [0.2, 0.25) is 0 Å². The predicted octanol–water partition coefficient (Wildman–Crippen LogP) is 1.05. The molecule has 0 spiro atoms. The van der Waals surface area contributed by atoms with Crippen molar-refractivity contribution in [1.29, 1.82) is 0 Å². The predicted molar refractivity (Wildman–Crippen MR) is 91.7 cm³/mol. The molecule has 1 aromatic carbocycles. The summed E-state index contributed by atoms with van der Waals surface area (Å²) in [4.78, 5) is 28.4. The van der Waals surface area contributed by atoms with Crippen LogP contribution in [-0.2, 0) is 0 Å². The number of rotatable bonds is 5. The summed E-state index contributed by atoms with van der Waals surface area (Å²) >= 11 is 0. The number of nitrogens with one attached hydrogen (secondary N) is 2. The van der Waals surface area contributed by atoms with Gasteiger partial charge < -0.3 is 20.3 Å². The van der Waals surface area contributed by atoms with E-state index >= 15 is 0 Å². The van der Waals surface area contributed by atoms with Crippen molar-refractivity contribution in [3.05, 3.63) is 23.8 Å². The van der Waals surface area contributed by atoms with Crippen LogP contribution in [0.4, 0.5) is 10.5 Å². The fraction of sp³-hybridized carbons (Fsp3) is 0.529. The smallest absolute Gasteiger partial charge is 0.322 e. The fourth-order valence-corrected chi connectivity index (χ4v) is 3.45. The summed E-state index contributed by atoms with van der Waals surface area (Å²) in [5.41, 5.74) is 1.23. The fourth-order valence-electron chi connectivity index (χ4n) is 3.45. The highest BCUT2D eigenvalue weighted by molar-refractivity contribution is 6.00. The van der Waals surface area contributed by atoms with Crippen LogP contribution in [0.3, 0.4) is 0 Å². The molecule has 2 saturated heterocycles. The quantitative estimate of drug-likeness (QED) is 0.845. The van der Waals surface area contributed by atoms with E-state index in [1.165, 1.54) is 0 Å². The van der Waals surface area contributed by atoms with Crippen LogP contribution >= 0.6 is 0 Å². The highest BCUT2D eigenvalue weighted by Crippen LogP contribution is 2.31. The van der Waals surface area contributed by atoms with Crippen LogP contribution in [0.25, 0.3) is 0 Å². The molecule has 1 aromatic rings. The second-order valence-corrected chi connectivity index (χ2v) is 6.12. The number of hydrogen-bond donors (Lipinski definition) is 2. The van der Waals surface area contributed by atoms with E-state index in [0.29, 0.717) is 30.1 Å². The van der Waals surface area contributed by atoms with Gasteiger partial charge in [0.05, 0.1) is 12.8 Å². The van der Waals surface area contributed by atoms with Crippen LogP contribution in [0.5, 0.6) is 5.75 Å². The van der Waals surface area contributed by atoms with Gasteiger partial charge in [-0.1, -0.05) is 0 Å². The number of likely N-dealkylation sites (N-methyl/N-ethyl adjacent to an activating group) is 1. The summed E-state index contributed by atoms with van der Waals surface area (Å²) in [7, 11) is 3.47. The molecule has 1 unspecified atom stereocenters. The maximum atomic E-state index is 12.9. The number of carbonyl (C=O) groups excluding carboxylic acids is 2. The summed E-state index contributed by atoms with van der Waals surface area (Å²) in [5.74, 6) is 0.605. The van der Waals surface area contributed by atoms with E-state index in [-0.39, 0.29) is 18.0 Å². The van der Waals surface area contributed by atoms with E-state index in [1.54, 1.807) is 30.2 Å². The zero-order chi connectivity index (χ0) is 17.1. The third kappa shape index (κ3) is 3.03. The molecule has 0 aromatic heterocycles. The molecule has 7 nitrogen and oxygen atoms in total. The van der Waals surface area contributed by atoms with Crippen LogP contribution in [0.2, 0.25) is 0 Å². The molecule has 3 amide bonds. The minimum atomic E-state index is -0.160. The molecule has 1 atom stereocenters. The van der Waals surface area contributed by atoms with Crippen molar-refractivity contribution in [2.75, 3.05) is 45.2 Å².